The summed E-state index contributed by atoms with van der Waals surface area (Å²) in [7, 11) is 0. The molecule has 92 valence electrons. The minimum atomic E-state index is -0.873. The van der Waals surface area contributed by atoms with E-state index >= 15 is 0 Å². The second kappa shape index (κ2) is 3.57. The van der Waals surface area contributed by atoms with Crippen molar-refractivity contribution in [3.05, 3.63) is 17.0 Å². The van der Waals surface area contributed by atoms with Crippen LogP contribution in [0, 0.1) is 0 Å². The number of aromatic nitrogens is 2. The van der Waals surface area contributed by atoms with Gasteiger partial charge in [0.25, 0.3) is 0 Å². The van der Waals surface area contributed by atoms with E-state index in [1.54, 1.807) is 11.6 Å². The Balaban J connectivity index is 2.13. The maximum atomic E-state index is 11.1. The smallest absolute Gasteiger partial charge is 0.328 e. The van der Waals surface area contributed by atoms with Gasteiger partial charge in [-0.1, -0.05) is 0 Å². The lowest BCUT2D eigenvalue weighted by Crippen LogP contribution is -2.20. The topological polar surface area (TPSA) is 75.3 Å². The third-order valence-electron chi connectivity index (χ3n) is 4.16. The van der Waals surface area contributed by atoms with Crippen molar-refractivity contribution in [1.29, 1.82) is 0 Å². The second-order valence-corrected chi connectivity index (χ2v) is 5.07. The van der Waals surface area contributed by atoms with Gasteiger partial charge in [0.2, 0.25) is 0 Å². The quantitative estimate of drug-likeness (QED) is 0.831. The lowest BCUT2D eigenvalue weighted by molar-refractivity contribution is -0.140. The number of carboxylic acid groups (broad SMARTS) is 1. The van der Waals surface area contributed by atoms with Crippen LogP contribution in [0.1, 0.15) is 61.0 Å². The van der Waals surface area contributed by atoms with E-state index in [1.165, 1.54) is 0 Å². The van der Waals surface area contributed by atoms with Gasteiger partial charge in [0.15, 0.2) is 0 Å². The molecule has 3 atom stereocenters. The molecule has 3 unspecified atom stereocenters. The normalized spacial score (nSPS) is 27.2. The molecule has 1 heterocycles. The minimum absolute atomic E-state index is 0.0924. The molecule has 0 spiro atoms. The van der Waals surface area contributed by atoms with Gasteiger partial charge in [-0.3, -0.25) is 4.68 Å². The van der Waals surface area contributed by atoms with Crippen LogP contribution in [0.15, 0.2) is 0 Å². The van der Waals surface area contributed by atoms with E-state index < -0.39 is 12.0 Å². The van der Waals surface area contributed by atoms with Crippen molar-refractivity contribution in [2.24, 2.45) is 0 Å². The first-order chi connectivity index (χ1) is 8.13. The van der Waals surface area contributed by atoms with Crippen molar-refractivity contribution in [3.8, 4) is 0 Å². The summed E-state index contributed by atoms with van der Waals surface area (Å²) in [5.41, 5.74) is 2.89. The Morgan fingerprint density at radius 1 is 1.53 bits per heavy atom. The number of carbonyl (C=O) groups is 1. The molecule has 1 saturated carbocycles. The number of aliphatic hydroxyl groups is 1. The molecule has 0 amide bonds. The summed E-state index contributed by atoms with van der Waals surface area (Å²) in [5, 5.41) is 22.7. The number of hydrogen-bond donors (Lipinski definition) is 2. The number of carboxylic acids is 1. The zero-order valence-corrected chi connectivity index (χ0v) is 9.76. The molecule has 1 fully saturated rings. The number of aliphatic hydroxyl groups excluding tert-OH is 1. The predicted molar refractivity (Wildman–Crippen MR) is 59.8 cm³/mol. The number of nitrogens with zero attached hydrogens (tertiary/aromatic N) is 2. The molecule has 2 aliphatic rings. The number of fused-ring (bicyclic) bond motifs is 5. The molecule has 1 aromatic heterocycles. The molecule has 2 bridgehead atoms. The molecule has 2 aliphatic carbocycles. The third-order valence-corrected chi connectivity index (χ3v) is 4.16. The Hall–Kier alpha value is -1.36. The summed E-state index contributed by atoms with van der Waals surface area (Å²) in [5.74, 6) is 0.0686. The van der Waals surface area contributed by atoms with E-state index in [9.17, 15) is 9.90 Å². The van der Waals surface area contributed by atoms with Crippen LogP contribution < -0.4 is 0 Å². The van der Waals surface area contributed by atoms with Gasteiger partial charge in [0, 0.05) is 17.2 Å². The summed E-state index contributed by atoms with van der Waals surface area (Å²) in [4.78, 5) is 11.1. The van der Waals surface area contributed by atoms with Gasteiger partial charge in [0.05, 0.1) is 12.3 Å². The third kappa shape index (κ3) is 1.35. The second-order valence-electron chi connectivity index (χ2n) is 5.07. The minimum Gasteiger partial charge on any atom is -0.480 e. The molecule has 0 aliphatic heterocycles. The van der Waals surface area contributed by atoms with Gasteiger partial charge in [-0.25, -0.2) is 4.79 Å². The van der Waals surface area contributed by atoms with Gasteiger partial charge < -0.3 is 10.2 Å². The van der Waals surface area contributed by atoms with E-state index in [-0.39, 0.29) is 6.61 Å². The van der Waals surface area contributed by atoms with Crippen LogP contribution in [0.3, 0.4) is 0 Å². The van der Waals surface area contributed by atoms with Crippen molar-refractivity contribution < 1.29 is 15.0 Å². The summed E-state index contributed by atoms with van der Waals surface area (Å²) in [6.45, 7) is 1.55. The molecule has 0 radical (unpaired) electrons. The molecule has 0 saturated heterocycles. The SMILES string of the molecule is CC(C(=O)O)n1nc(CO)c2c1C1CCC2C1. The first kappa shape index (κ1) is 10.8. The van der Waals surface area contributed by atoms with Crippen molar-refractivity contribution in [2.45, 2.75) is 50.7 Å². The maximum Gasteiger partial charge on any atom is 0.328 e. The lowest BCUT2D eigenvalue weighted by atomic mass is 9.95. The Morgan fingerprint density at radius 2 is 2.24 bits per heavy atom. The van der Waals surface area contributed by atoms with E-state index in [0.29, 0.717) is 17.5 Å². The monoisotopic (exact) mass is 236 g/mol. The van der Waals surface area contributed by atoms with E-state index in [2.05, 4.69) is 5.10 Å². The average molecular weight is 236 g/mol. The summed E-state index contributed by atoms with van der Waals surface area (Å²) in [6, 6.07) is -0.650. The lowest BCUT2D eigenvalue weighted by Gasteiger charge is -2.16. The molecular weight excluding hydrogens is 220 g/mol. The number of rotatable bonds is 3. The van der Waals surface area contributed by atoms with Gasteiger partial charge >= 0.3 is 5.97 Å². The summed E-state index contributed by atoms with van der Waals surface area (Å²) < 4.78 is 1.62. The number of hydrogen-bond acceptors (Lipinski definition) is 3. The molecule has 0 aromatic carbocycles. The highest BCUT2D eigenvalue weighted by atomic mass is 16.4. The molecule has 17 heavy (non-hydrogen) atoms. The molecule has 1 aromatic rings. The highest BCUT2D eigenvalue weighted by Crippen LogP contribution is 2.54. The molecule has 5 nitrogen and oxygen atoms in total. The first-order valence-corrected chi connectivity index (χ1v) is 6.08. The van der Waals surface area contributed by atoms with Gasteiger partial charge in [-0.15, -0.1) is 0 Å². The largest absolute Gasteiger partial charge is 0.480 e. The molecule has 5 heteroatoms. The van der Waals surface area contributed by atoms with Crippen LogP contribution in [0.2, 0.25) is 0 Å². The predicted octanol–water partition coefficient (Wildman–Crippen LogP) is 1.39. The first-order valence-electron chi connectivity index (χ1n) is 6.08. The number of aliphatic carboxylic acids is 1. The van der Waals surface area contributed by atoms with Crippen molar-refractivity contribution in [2.75, 3.05) is 0 Å². The highest BCUT2D eigenvalue weighted by Gasteiger charge is 2.43. The zero-order valence-electron chi connectivity index (χ0n) is 9.76. The van der Waals surface area contributed by atoms with Gasteiger partial charge in [-0.2, -0.15) is 5.10 Å². The zero-order chi connectivity index (χ0) is 12.2. The Morgan fingerprint density at radius 3 is 2.88 bits per heavy atom. The van der Waals surface area contributed by atoms with Crippen molar-refractivity contribution in [1.82, 2.24) is 9.78 Å². The Bertz CT molecular complexity index is 480. The molecule has 2 N–H and O–H groups in total. The molecular formula is C12H16N2O3. The van der Waals surface area contributed by atoms with Crippen molar-refractivity contribution >= 4 is 5.97 Å². The van der Waals surface area contributed by atoms with E-state index in [0.717, 1.165) is 30.5 Å². The van der Waals surface area contributed by atoms with Crippen molar-refractivity contribution in [3.63, 3.8) is 0 Å². The highest BCUT2D eigenvalue weighted by molar-refractivity contribution is 5.71. The maximum absolute atomic E-state index is 11.1. The van der Waals surface area contributed by atoms with Gasteiger partial charge in [0.1, 0.15) is 6.04 Å². The Labute approximate surface area is 99.1 Å². The standard InChI is InChI=1S/C12H16N2O3/c1-6(12(16)17)14-11-8-3-2-7(4-8)10(11)9(5-15)13-14/h6-8,15H,2-5H2,1H3,(H,16,17). The van der Waals surface area contributed by atoms with Crippen LogP contribution in [-0.4, -0.2) is 26.0 Å². The summed E-state index contributed by atoms with van der Waals surface area (Å²) in [6.07, 6.45) is 3.38. The van der Waals surface area contributed by atoms with Crippen LogP contribution in [-0.2, 0) is 11.4 Å². The van der Waals surface area contributed by atoms with Crippen LogP contribution in [0.25, 0.3) is 0 Å². The summed E-state index contributed by atoms with van der Waals surface area (Å²) >= 11 is 0. The fourth-order valence-corrected chi connectivity index (χ4v) is 3.37. The average Bonchev–Trinajstić information content (AvgIpc) is 2.98. The van der Waals surface area contributed by atoms with Crippen LogP contribution >= 0.6 is 0 Å². The molecule has 3 rings (SSSR count). The van der Waals surface area contributed by atoms with Gasteiger partial charge in [-0.05, 0) is 32.1 Å². The van der Waals surface area contributed by atoms with Crippen LogP contribution in [0.4, 0.5) is 0 Å². The fourth-order valence-electron chi connectivity index (χ4n) is 3.37. The van der Waals surface area contributed by atoms with Crippen LogP contribution in [0.5, 0.6) is 0 Å². The fraction of sp³-hybridized carbons (Fsp3) is 0.667. The van der Waals surface area contributed by atoms with E-state index in [1.807, 2.05) is 0 Å². The Kier molecular flexibility index (Phi) is 2.26. The van der Waals surface area contributed by atoms with E-state index in [4.69, 9.17) is 5.11 Å².